The van der Waals surface area contributed by atoms with Crippen LogP contribution in [0.3, 0.4) is 0 Å². The molecule has 1 unspecified atom stereocenters. The highest BCUT2D eigenvalue weighted by molar-refractivity contribution is 5.85. The molecule has 0 heterocycles. The average Bonchev–Trinajstić information content (AvgIpc) is 2.77. The van der Waals surface area contributed by atoms with Crippen LogP contribution < -0.4 is 10.6 Å². The van der Waals surface area contributed by atoms with Crippen molar-refractivity contribution < 1.29 is 24.0 Å². The molecule has 0 saturated carbocycles. The number of carbonyl (C=O) groups is 3. The number of hydroxylamine groups is 2. The Hall–Kier alpha value is -2.45. The number of nitrogens with one attached hydrogen (secondary N) is 2. The van der Waals surface area contributed by atoms with Crippen LogP contribution in [0.25, 0.3) is 0 Å². The van der Waals surface area contributed by atoms with Crippen molar-refractivity contribution in [2.75, 3.05) is 26.2 Å². The summed E-state index contributed by atoms with van der Waals surface area (Å²) in [7, 11) is 0. The van der Waals surface area contributed by atoms with Crippen LogP contribution in [0.4, 0.5) is 0 Å². The van der Waals surface area contributed by atoms with Crippen LogP contribution in [-0.4, -0.2) is 55.6 Å². The molecule has 0 spiro atoms. The number of esters is 1. The molecule has 0 aromatic heterocycles. The summed E-state index contributed by atoms with van der Waals surface area (Å²) in [5.74, 6) is 0.121. The summed E-state index contributed by atoms with van der Waals surface area (Å²) in [6, 6.07) is 9.24. The van der Waals surface area contributed by atoms with E-state index >= 15 is 0 Å². The second-order valence-corrected chi connectivity index (χ2v) is 9.07. The third kappa shape index (κ3) is 13.0. The van der Waals surface area contributed by atoms with Crippen molar-refractivity contribution in [2.24, 2.45) is 17.8 Å². The Morgan fingerprint density at radius 3 is 2.30 bits per heavy atom. The van der Waals surface area contributed by atoms with E-state index in [0.717, 1.165) is 12.0 Å². The maximum Gasteiger partial charge on any atom is 0.325 e. The van der Waals surface area contributed by atoms with Crippen molar-refractivity contribution in [1.29, 1.82) is 0 Å². The molecule has 8 nitrogen and oxygen atoms in total. The quantitative estimate of drug-likeness (QED) is 0.209. The zero-order valence-electron chi connectivity index (χ0n) is 20.7. The second-order valence-electron chi connectivity index (χ2n) is 9.07. The zero-order chi connectivity index (χ0) is 24.6. The van der Waals surface area contributed by atoms with Crippen LogP contribution in [-0.2, 0) is 30.6 Å². The highest BCUT2D eigenvalue weighted by Crippen LogP contribution is 2.15. The molecule has 1 aromatic rings. The van der Waals surface area contributed by atoms with E-state index in [0.29, 0.717) is 44.4 Å². The summed E-state index contributed by atoms with van der Waals surface area (Å²) in [6.45, 7) is 11.5. The Morgan fingerprint density at radius 2 is 1.73 bits per heavy atom. The van der Waals surface area contributed by atoms with Crippen LogP contribution in [0, 0.1) is 17.8 Å². The van der Waals surface area contributed by atoms with Gasteiger partial charge in [0.2, 0.25) is 12.3 Å². The standard InChI is InChI=1S/C25H41N3O5/c1-6-32-24(30)15-27-25(31)23(13-20(4)5)26-14-22(12-19(2)3)16-28(18-29)33-17-21-10-8-7-9-11-21/h7-11,18-20,22-23,26H,6,12-17H2,1-5H3,(H,27,31)/t22?,23-/m0/s1. The van der Waals surface area contributed by atoms with Gasteiger partial charge in [-0.3, -0.25) is 19.2 Å². The first-order valence-electron chi connectivity index (χ1n) is 11.8. The molecule has 2 amide bonds. The largest absolute Gasteiger partial charge is 0.465 e. The van der Waals surface area contributed by atoms with Gasteiger partial charge in [-0.1, -0.05) is 58.0 Å². The minimum absolute atomic E-state index is 0.0958. The van der Waals surface area contributed by atoms with Crippen LogP contribution in [0.2, 0.25) is 0 Å². The van der Waals surface area contributed by atoms with E-state index < -0.39 is 12.0 Å². The number of hydrogen-bond donors (Lipinski definition) is 2. The van der Waals surface area contributed by atoms with Crippen LogP contribution in [0.15, 0.2) is 30.3 Å². The number of rotatable bonds is 17. The molecule has 0 fully saturated rings. The van der Waals surface area contributed by atoms with Gasteiger partial charge in [0.05, 0.1) is 19.2 Å². The lowest BCUT2D eigenvalue weighted by Gasteiger charge is -2.27. The molecule has 1 aromatic carbocycles. The maximum atomic E-state index is 12.7. The Kier molecular flexibility index (Phi) is 14.0. The highest BCUT2D eigenvalue weighted by atomic mass is 16.7. The summed E-state index contributed by atoms with van der Waals surface area (Å²) >= 11 is 0. The molecule has 0 bridgehead atoms. The van der Waals surface area contributed by atoms with E-state index in [-0.39, 0.29) is 25.0 Å². The van der Waals surface area contributed by atoms with Crippen LogP contribution in [0.1, 0.15) is 53.0 Å². The predicted molar refractivity (Wildman–Crippen MR) is 128 cm³/mol. The Morgan fingerprint density at radius 1 is 1.06 bits per heavy atom. The minimum Gasteiger partial charge on any atom is -0.465 e. The van der Waals surface area contributed by atoms with Gasteiger partial charge in [-0.25, -0.2) is 5.06 Å². The van der Waals surface area contributed by atoms with Crippen molar-refractivity contribution in [2.45, 2.75) is 60.1 Å². The molecule has 0 aliphatic carbocycles. The topological polar surface area (TPSA) is 97.0 Å². The van der Waals surface area contributed by atoms with E-state index in [2.05, 4.69) is 24.5 Å². The molecule has 33 heavy (non-hydrogen) atoms. The maximum absolute atomic E-state index is 12.7. The number of carbonyl (C=O) groups excluding carboxylic acids is 3. The van der Waals surface area contributed by atoms with E-state index in [4.69, 9.17) is 9.57 Å². The van der Waals surface area contributed by atoms with Gasteiger partial charge in [-0.2, -0.15) is 0 Å². The normalized spacial score (nSPS) is 12.9. The van der Waals surface area contributed by atoms with E-state index in [1.54, 1.807) is 6.92 Å². The fraction of sp³-hybridized carbons (Fsp3) is 0.640. The van der Waals surface area contributed by atoms with Crippen molar-refractivity contribution in [3.05, 3.63) is 35.9 Å². The van der Waals surface area contributed by atoms with Crippen molar-refractivity contribution in [3.8, 4) is 0 Å². The molecule has 186 valence electrons. The molecule has 2 atom stereocenters. The van der Waals surface area contributed by atoms with Gasteiger partial charge in [0.15, 0.2) is 0 Å². The Balaban J connectivity index is 2.70. The Bertz CT molecular complexity index is 697. The monoisotopic (exact) mass is 463 g/mol. The number of ether oxygens (including phenoxy) is 1. The lowest BCUT2D eigenvalue weighted by atomic mass is 9.95. The van der Waals surface area contributed by atoms with Gasteiger partial charge >= 0.3 is 5.97 Å². The molecule has 2 N–H and O–H groups in total. The van der Waals surface area contributed by atoms with Crippen molar-refractivity contribution >= 4 is 18.3 Å². The lowest BCUT2D eigenvalue weighted by molar-refractivity contribution is -0.181. The SMILES string of the molecule is CCOC(=O)CNC(=O)[C@H](CC(C)C)NCC(CC(C)C)CN(C=O)OCc1ccccc1. The zero-order valence-corrected chi connectivity index (χ0v) is 20.7. The summed E-state index contributed by atoms with van der Waals surface area (Å²) < 4.78 is 4.88. The van der Waals surface area contributed by atoms with Crippen LogP contribution in [0.5, 0.6) is 0 Å². The molecule has 1 rings (SSSR count). The summed E-state index contributed by atoms with van der Waals surface area (Å²) in [4.78, 5) is 41.6. The molecule has 8 heteroatoms. The molecular formula is C25H41N3O5. The van der Waals surface area contributed by atoms with Gasteiger partial charge in [0, 0.05) is 6.54 Å². The number of hydrogen-bond acceptors (Lipinski definition) is 6. The van der Waals surface area contributed by atoms with Gasteiger partial charge in [-0.15, -0.1) is 0 Å². The van der Waals surface area contributed by atoms with Gasteiger partial charge in [0.25, 0.3) is 0 Å². The van der Waals surface area contributed by atoms with Crippen LogP contribution >= 0.6 is 0 Å². The number of amides is 2. The van der Waals surface area contributed by atoms with E-state index in [1.807, 2.05) is 44.2 Å². The number of nitrogens with zero attached hydrogens (tertiary/aromatic N) is 1. The van der Waals surface area contributed by atoms with Gasteiger partial charge in [0.1, 0.15) is 13.2 Å². The first-order valence-corrected chi connectivity index (χ1v) is 11.8. The smallest absolute Gasteiger partial charge is 0.325 e. The molecule has 0 radical (unpaired) electrons. The van der Waals surface area contributed by atoms with Gasteiger partial charge < -0.3 is 15.4 Å². The molecular weight excluding hydrogens is 422 g/mol. The summed E-state index contributed by atoms with van der Waals surface area (Å²) in [5.41, 5.74) is 0.984. The van der Waals surface area contributed by atoms with Gasteiger partial charge in [-0.05, 0) is 43.1 Å². The number of benzene rings is 1. The lowest BCUT2D eigenvalue weighted by Crippen LogP contribution is -2.48. The highest BCUT2D eigenvalue weighted by Gasteiger charge is 2.23. The third-order valence-corrected chi connectivity index (χ3v) is 4.99. The molecule has 0 aliphatic heterocycles. The first-order chi connectivity index (χ1) is 15.7. The second kappa shape index (κ2) is 16.2. The third-order valence-electron chi connectivity index (χ3n) is 4.99. The van der Waals surface area contributed by atoms with E-state index in [9.17, 15) is 14.4 Å². The fourth-order valence-electron chi connectivity index (χ4n) is 3.56. The molecule has 0 saturated heterocycles. The predicted octanol–water partition coefficient (Wildman–Crippen LogP) is 2.92. The summed E-state index contributed by atoms with van der Waals surface area (Å²) in [6.07, 6.45) is 2.20. The molecule has 0 aliphatic rings. The summed E-state index contributed by atoms with van der Waals surface area (Å²) in [5, 5.41) is 7.35. The minimum atomic E-state index is -0.455. The van der Waals surface area contributed by atoms with Crippen molar-refractivity contribution in [3.63, 3.8) is 0 Å². The van der Waals surface area contributed by atoms with Crippen molar-refractivity contribution in [1.82, 2.24) is 15.7 Å². The average molecular weight is 464 g/mol. The van der Waals surface area contributed by atoms with E-state index in [1.165, 1.54) is 5.06 Å². The Labute approximate surface area is 198 Å². The fourth-order valence-corrected chi connectivity index (χ4v) is 3.56. The first kappa shape index (κ1) is 28.6.